The fourth-order valence-corrected chi connectivity index (χ4v) is 4.08. The zero-order valence-electron chi connectivity index (χ0n) is 12.4. The molecule has 6 nitrogen and oxygen atoms in total. The molecule has 7 heteroatoms. The van der Waals surface area contributed by atoms with Gasteiger partial charge in [0.15, 0.2) is 5.82 Å². The molecule has 116 valence electrons. The van der Waals surface area contributed by atoms with Crippen LogP contribution < -0.4 is 10.6 Å². The van der Waals surface area contributed by atoms with Gasteiger partial charge in [-0.1, -0.05) is 6.42 Å². The van der Waals surface area contributed by atoms with Crippen LogP contribution in [0.15, 0.2) is 0 Å². The van der Waals surface area contributed by atoms with Crippen LogP contribution in [0.1, 0.15) is 36.5 Å². The molecule has 1 unspecified atom stereocenters. The predicted molar refractivity (Wildman–Crippen MR) is 83.9 cm³/mol. The third-order valence-electron chi connectivity index (χ3n) is 4.30. The SMILES string of the molecule is CCOC(=O)c1c(N)nsc1N1CCN2CCCCC2C1. The minimum absolute atomic E-state index is 0.291. The fraction of sp³-hybridized carbons (Fsp3) is 0.714. The number of nitrogen functional groups attached to an aromatic ring is 1. The van der Waals surface area contributed by atoms with Gasteiger partial charge in [-0.25, -0.2) is 4.79 Å². The number of carbonyl (C=O) groups is 1. The Morgan fingerprint density at radius 3 is 3.10 bits per heavy atom. The number of carbonyl (C=O) groups excluding carboxylic acids is 1. The number of hydrogen-bond donors (Lipinski definition) is 1. The van der Waals surface area contributed by atoms with Gasteiger partial charge in [-0.2, -0.15) is 4.37 Å². The molecule has 0 bridgehead atoms. The second-order valence-corrected chi connectivity index (χ2v) is 6.35. The fourth-order valence-electron chi connectivity index (χ4n) is 3.24. The smallest absolute Gasteiger partial charge is 0.345 e. The summed E-state index contributed by atoms with van der Waals surface area (Å²) in [7, 11) is 0. The van der Waals surface area contributed by atoms with Crippen molar-refractivity contribution in [2.24, 2.45) is 0 Å². The molecule has 0 aromatic carbocycles. The third-order valence-corrected chi connectivity index (χ3v) is 5.23. The number of hydrogen-bond acceptors (Lipinski definition) is 7. The first-order valence-corrected chi connectivity index (χ1v) is 8.39. The summed E-state index contributed by atoms with van der Waals surface area (Å²) in [6.45, 7) is 6.27. The molecule has 3 rings (SSSR count). The number of nitrogens with two attached hydrogens (primary N) is 1. The molecule has 2 saturated heterocycles. The number of nitrogens with zero attached hydrogens (tertiary/aromatic N) is 3. The summed E-state index contributed by atoms with van der Waals surface area (Å²) in [6, 6.07) is 0.589. The number of piperazine rings is 1. The van der Waals surface area contributed by atoms with Crippen molar-refractivity contribution in [1.82, 2.24) is 9.27 Å². The Labute approximate surface area is 129 Å². The minimum atomic E-state index is -0.357. The Morgan fingerprint density at radius 2 is 2.29 bits per heavy atom. The van der Waals surface area contributed by atoms with Crippen LogP contribution in [-0.4, -0.2) is 54.1 Å². The maximum atomic E-state index is 12.1. The second kappa shape index (κ2) is 6.19. The van der Waals surface area contributed by atoms with E-state index in [2.05, 4.69) is 14.2 Å². The molecule has 2 N–H and O–H groups in total. The van der Waals surface area contributed by atoms with Crippen molar-refractivity contribution < 1.29 is 9.53 Å². The van der Waals surface area contributed by atoms with E-state index in [0.717, 1.165) is 24.6 Å². The number of piperidine rings is 1. The zero-order chi connectivity index (χ0) is 14.8. The van der Waals surface area contributed by atoms with Crippen molar-refractivity contribution in [3.8, 4) is 0 Å². The summed E-state index contributed by atoms with van der Waals surface area (Å²) < 4.78 is 9.28. The highest BCUT2D eigenvalue weighted by Crippen LogP contribution is 2.34. The van der Waals surface area contributed by atoms with E-state index in [4.69, 9.17) is 10.5 Å². The highest BCUT2D eigenvalue weighted by Gasteiger charge is 2.32. The molecule has 2 aliphatic rings. The molecule has 1 aromatic heterocycles. The molecule has 0 radical (unpaired) electrons. The monoisotopic (exact) mass is 310 g/mol. The van der Waals surface area contributed by atoms with Gasteiger partial charge in [0.25, 0.3) is 0 Å². The molecule has 0 amide bonds. The average Bonchev–Trinajstić information content (AvgIpc) is 2.89. The number of rotatable bonds is 3. The normalized spacial score (nSPS) is 22.9. The van der Waals surface area contributed by atoms with Crippen molar-refractivity contribution in [1.29, 1.82) is 0 Å². The molecule has 1 aromatic rings. The summed E-state index contributed by atoms with van der Waals surface area (Å²) in [5.74, 6) is -0.0654. The molecule has 3 heterocycles. The van der Waals surface area contributed by atoms with Crippen LogP contribution in [0.5, 0.6) is 0 Å². The van der Waals surface area contributed by atoms with Crippen LogP contribution in [0.4, 0.5) is 10.8 Å². The summed E-state index contributed by atoms with van der Waals surface area (Å²) in [5.41, 5.74) is 6.32. The van der Waals surface area contributed by atoms with Crippen LogP contribution in [0.25, 0.3) is 0 Å². The van der Waals surface area contributed by atoms with Gasteiger partial charge in [0.05, 0.1) is 6.61 Å². The molecule has 0 spiro atoms. The number of anilines is 2. The van der Waals surface area contributed by atoms with E-state index in [-0.39, 0.29) is 5.97 Å². The van der Waals surface area contributed by atoms with Crippen molar-refractivity contribution >= 4 is 28.3 Å². The topological polar surface area (TPSA) is 71.7 Å². The Kier molecular flexibility index (Phi) is 4.30. The van der Waals surface area contributed by atoms with Crippen LogP contribution in [0.2, 0.25) is 0 Å². The van der Waals surface area contributed by atoms with E-state index in [0.29, 0.717) is 24.0 Å². The van der Waals surface area contributed by atoms with Gasteiger partial charge in [0.2, 0.25) is 0 Å². The minimum Gasteiger partial charge on any atom is -0.462 e. The first kappa shape index (κ1) is 14.6. The third kappa shape index (κ3) is 2.85. The Bertz CT molecular complexity index is 519. The molecule has 2 aliphatic heterocycles. The molecular weight excluding hydrogens is 288 g/mol. The molecular formula is C14H22N4O2S. The number of aromatic nitrogens is 1. The van der Waals surface area contributed by atoms with Crippen molar-refractivity contribution in [2.75, 3.05) is 43.4 Å². The molecule has 0 aliphatic carbocycles. The van der Waals surface area contributed by atoms with Gasteiger partial charge in [-0.3, -0.25) is 4.90 Å². The van der Waals surface area contributed by atoms with E-state index in [1.165, 1.54) is 37.3 Å². The summed E-state index contributed by atoms with van der Waals surface area (Å²) in [6.07, 6.45) is 3.84. The Balaban J connectivity index is 1.79. The number of esters is 1. The summed E-state index contributed by atoms with van der Waals surface area (Å²) in [5, 5.41) is 0.871. The first-order chi connectivity index (χ1) is 10.2. The lowest BCUT2D eigenvalue weighted by Crippen LogP contribution is -2.55. The molecule has 21 heavy (non-hydrogen) atoms. The van der Waals surface area contributed by atoms with Crippen molar-refractivity contribution in [2.45, 2.75) is 32.2 Å². The van der Waals surface area contributed by atoms with Gasteiger partial charge in [-0.15, -0.1) is 0 Å². The molecule has 0 saturated carbocycles. The van der Waals surface area contributed by atoms with Crippen LogP contribution in [-0.2, 0) is 4.74 Å². The highest BCUT2D eigenvalue weighted by molar-refractivity contribution is 7.11. The van der Waals surface area contributed by atoms with Gasteiger partial charge in [0, 0.05) is 25.7 Å². The quantitative estimate of drug-likeness (QED) is 0.855. The van der Waals surface area contributed by atoms with E-state index < -0.39 is 0 Å². The highest BCUT2D eigenvalue weighted by atomic mass is 32.1. The second-order valence-electron chi connectivity index (χ2n) is 5.60. The standard InChI is InChI=1S/C14H22N4O2S/c1-2-20-14(19)11-12(15)16-21-13(11)18-8-7-17-6-4-3-5-10(17)9-18/h10H,2-9H2,1H3,(H2,15,16). The van der Waals surface area contributed by atoms with Gasteiger partial charge in [-0.05, 0) is 37.8 Å². The van der Waals surface area contributed by atoms with Gasteiger partial charge < -0.3 is 15.4 Å². The zero-order valence-corrected chi connectivity index (χ0v) is 13.2. The predicted octanol–water partition coefficient (Wildman–Crippen LogP) is 1.58. The largest absolute Gasteiger partial charge is 0.462 e. The molecule has 2 fully saturated rings. The maximum Gasteiger partial charge on any atom is 0.345 e. The summed E-state index contributed by atoms with van der Waals surface area (Å²) >= 11 is 1.31. The first-order valence-electron chi connectivity index (χ1n) is 7.62. The van der Waals surface area contributed by atoms with Crippen LogP contribution >= 0.6 is 11.5 Å². The van der Waals surface area contributed by atoms with Crippen molar-refractivity contribution in [3.63, 3.8) is 0 Å². The van der Waals surface area contributed by atoms with E-state index in [1.54, 1.807) is 6.92 Å². The maximum absolute atomic E-state index is 12.1. The van der Waals surface area contributed by atoms with Gasteiger partial charge >= 0.3 is 5.97 Å². The molecule has 1 atom stereocenters. The lowest BCUT2D eigenvalue weighted by Gasteiger charge is -2.44. The average molecular weight is 310 g/mol. The lowest BCUT2D eigenvalue weighted by atomic mass is 9.99. The van der Waals surface area contributed by atoms with Gasteiger partial charge in [0.1, 0.15) is 10.6 Å². The Morgan fingerprint density at radius 1 is 1.43 bits per heavy atom. The van der Waals surface area contributed by atoms with E-state index in [9.17, 15) is 4.79 Å². The summed E-state index contributed by atoms with van der Waals surface area (Å²) in [4.78, 5) is 16.9. The van der Waals surface area contributed by atoms with E-state index >= 15 is 0 Å². The number of fused-ring (bicyclic) bond motifs is 1. The van der Waals surface area contributed by atoms with E-state index in [1.807, 2.05) is 0 Å². The van der Waals surface area contributed by atoms with Crippen LogP contribution in [0.3, 0.4) is 0 Å². The Hall–Kier alpha value is -1.34. The van der Waals surface area contributed by atoms with Crippen LogP contribution in [0, 0.1) is 0 Å². The van der Waals surface area contributed by atoms with Crippen molar-refractivity contribution in [3.05, 3.63) is 5.56 Å². The lowest BCUT2D eigenvalue weighted by molar-refractivity contribution is 0.0528. The number of ether oxygens (including phenoxy) is 1.